The smallest absolute Gasteiger partial charge is 0.331 e. The molecular weight excluding hydrogens is 386 g/mol. The minimum absolute atomic E-state index is 0.293. The zero-order valence-corrected chi connectivity index (χ0v) is 16.4. The van der Waals surface area contributed by atoms with Gasteiger partial charge in [0.05, 0.1) is 11.7 Å². The average Bonchev–Trinajstić information content (AvgIpc) is 3.29. The molecule has 0 saturated heterocycles. The molecule has 0 unspecified atom stereocenters. The van der Waals surface area contributed by atoms with Crippen LogP contribution in [0.1, 0.15) is 16.5 Å². The average molecular weight is 405 g/mol. The van der Waals surface area contributed by atoms with Gasteiger partial charge in [-0.3, -0.25) is 9.69 Å². The largest absolute Gasteiger partial charge is 0.489 e. The maximum absolute atomic E-state index is 13.1. The van der Waals surface area contributed by atoms with E-state index < -0.39 is 5.97 Å². The number of carbonyl (C=O) groups excluding carboxylic acids is 2. The van der Waals surface area contributed by atoms with Crippen molar-refractivity contribution in [3.05, 3.63) is 88.6 Å². The normalized spacial score (nSPS) is 15.6. The summed E-state index contributed by atoms with van der Waals surface area (Å²) in [5, 5.41) is 1.92. The highest BCUT2D eigenvalue weighted by molar-refractivity contribution is 7.10. The summed E-state index contributed by atoms with van der Waals surface area (Å²) in [7, 11) is 0. The van der Waals surface area contributed by atoms with E-state index in [1.54, 1.807) is 11.0 Å². The molecule has 2 aromatic carbocycles. The number of esters is 1. The third kappa shape index (κ3) is 4.38. The van der Waals surface area contributed by atoms with Gasteiger partial charge in [0.25, 0.3) is 5.91 Å². The van der Waals surface area contributed by atoms with Crippen LogP contribution in [0.5, 0.6) is 5.75 Å². The van der Waals surface area contributed by atoms with Crippen LogP contribution in [0.25, 0.3) is 6.08 Å². The molecule has 0 bridgehead atoms. The molecule has 0 saturated carbocycles. The number of para-hydroxylation sites is 2. The van der Waals surface area contributed by atoms with Crippen molar-refractivity contribution in [3.8, 4) is 5.75 Å². The molecule has 0 fully saturated rings. The van der Waals surface area contributed by atoms with Gasteiger partial charge < -0.3 is 9.47 Å². The lowest BCUT2D eigenvalue weighted by Crippen LogP contribution is -2.43. The molecule has 1 atom stereocenters. The highest BCUT2D eigenvalue weighted by Gasteiger charge is 2.33. The molecule has 0 radical (unpaired) electrons. The topological polar surface area (TPSA) is 55.8 Å². The Morgan fingerprint density at radius 2 is 1.86 bits per heavy atom. The molecule has 1 amide bonds. The maximum atomic E-state index is 13.1. The molecule has 2 heterocycles. The van der Waals surface area contributed by atoms with Gasteiger partial charge in [0.1, 0.15) is 12.4 Å². The second kappa shape index (κ2) is 8.75. The quantitative estimate of drug-likeness (QED) is 0.464. The number of fused-ring (bicyclic) bond motifs is 1. The highest BCUT2D eigenvalue weighted by atomic mass is 32.1. The Labute approximate surface area is 172 Å². The summed E-state index contributed by atoms with van der Waals surface area (Å²) >= 11 is 1.52. The number of hydrogen-bond acceptors (Lipinski definition) is 5. The molecule has 3 aromatic rings. The number of carbonyl (C=O) groups is 2. The van der Waals surface area contributed by atoms with Crippen molar-refractivity contribution in [2.75, 3.05) is 18.1 Å². The Bertz CT molecular complexity index is 1010. The van der Waals surface area contributed by atoms with E-state index in [1.165, 1.54) is 17.4 Å². The number of nitrogens with zero attached hydrogens (tertiary/aromatic N) is 1. The van der Waals surface area contributed by atoms with E-state index in [0.29, 0.717) is 18.0 Å². The summed E-state index contributed by atoms with van der Waals surface area (Å²) in [6.45, 7) is -0.00965. The van der Waals surface area contributed by atoms with Crippen molar-refractivity contribution in [2.24, 2.45) is 0 Å². The Morgan fingerprint density at radius 1 is 1.07 bits per heavy atom. The van der Waals surface area contributed by atoms with E-state index in [4.69, 9.17) is 9.47 Å². The van der Waals surface area contributed by atoms with E-state index in [1.807, 2.05) is 72.1 Å². The minimum Gasteiger partial charge on any atom is -0.489 e. The van der Waals surface area contributed by atoms with Gasteiger partial charge in [0.2, 0.25) is 0 Å². The van der Waals surface area contributed by atoms with Crippen molar-refractivity contribution in [3.63, 3.8) is 0 Å². The summed E-state index contributed by atoms with van der Waals surface area (Å²) in [5.74, 6) is -0.214. The zero-order valence-electron chi connectivity index (χ0n) is 15.6. The second-order valence-electron chi connectivity index (χ2n) is 6.43. The van der Waals surface area contributed by atoms with Gasteiger partial charge in [0, 0.05) is 11.0 Å². The molecule has 0 N–H and O–H groups in total. The number of hydrogen-bond donors (Lipinski definition) is 0. The molecule has 29 heavy (non-hydrogen) atoms. The lowest BCUT2D eigenvalue weighted by molar-refractivity contribution is -0.143. The van der Waals surface area contributed by atoms with Gasteiger partial charge in [0.15, 0.2) is 6.61 Å². The first-order valence-corrected chi connectivity index (χ1v) is 10.1. The van der Waals surface area contributed by atoms with Crippen LogP contribution in [0.15, 0.2) is 78.2 Å². The SMILES string of the molecule is O=C(/C=C\c1cccs1)OCC(=O)N1c2ccccc2OC[C@H]1c1ccccc1. The van der Waals surface area contributed by atoms with Crippen LogP contribution in [-0.2, 0) is 14.3 Å². The second-order valence-corrected chi connectivity index (χ2v) is 7.40. The van der Waals surface area contributed by atoms with Crippen molar-refractivity contribution in [2.45, 2.75) is 6.04 Å². The van der Waals surface area contributed by atoms with Crippen LogP contribution in [-0.4, -0.2) is 25.1 Å². The molecule has 1 aromatic heterocycles. The molecule has 4 rings (SSSR count). The Morgan fingerprint density at radius 3 is 2.66 bits per heavy atom. The molecule has 0 spiro atoms. The number of rotatable bonds is 5. The van der Waals surface area contributed by atoms with E-state index in [2.05, 4.69) is 0 Å². The molecule has 0 aliphatic carbocycles. The number of amides is 1. The van der Waals surface area contributed by atoms with Crippen LogP contribution < -0.4 is 9.64 Å². The van der Waals surface area contributed by atoms with Gasteiger partial charge in [-0.1, -0.05) is 48.5 Å². The third-order valence-corrected chi connectivity index (χ3v) is 5.39. The van der Waals surface area contributed by atoms with E-state index in [9.17, 15) is 9.59 Å². The van der Waals surface area contributed by atoms with Gasteiger partial charge in [-0.2, -0.15) is 0 Å². The Kier molecular flexibility index (Phi) is 5.72. The summed E-state index contributed by atoms with van der Waals surface area (Å²) < 4.78 is 11.1. The monoisotopic (exact) mass is 405 g/mol. The first-order valence-electron chi connectivity index (χ1n) is 9.19. The van der Waals surface area contributed by atoms with Crippen molar-refractivity contribution in [1.29, 1.82) is 0 Å². The third-order valence-electron chi connectivity index (χ3n) is 4.55. The van der Waals surface area contributed by atoms with Crippen LogP contribution in [0.2, 0.25) is 0 Å². The van der Waals surface area contributed by atoms with Crippen molar-refractivity contribution in [1.82, 2.24) is 0 Å². The minimum atomic E-state index is -0.551. The fourth-order valence-corrected chi connectivity index (χ4v) is 3.82. The summed E-state index contributed by atoms with van der Waals surface area (Å²) in [4.78, 5) is 27.7. The molecule has 5 nitrogen and oxygen atoms in total. The molecule has 1 aliphatic rings. The highest BCUT2D eigenvalue weighted by Crippen LogP contribution is 2.39. The zero-order chi connectivity index (χ0) is 20.1. The van der Waals surface area contributed by atoms with E-state index in [0.717, 1.165) is 10.4 Å². The predicted octanol–water partition coefficient (Wildman–Crippen LogP) is 4.47. The fourth-order valence-electron chi connectivity index (χ4n) is 3.20. The maximum Gasteiger partial charge on any atom is 0.331 e. The molecular formula is C23H19NO4S. The van der Waals surface area contributed by atoms with Crippen LogP contribution >= 0.6 is 11.3 Å². The Hall–Kier alpha value is -3.38. The summed E-state index contributed by atoms with van der Waals surface area (Å²) in [5.41, 5.74) is 1.63. The Balaban J connectivity index is 1.51. The molecule has 6 heteroatoms. The number of thiophene rings is 1. The number of anilines is 1. The summed E-state index contributed by atoms with van der Waals surface area (Å²) in [6.07, 6.45) is 3.01. The molecule has 146 valence electrons. The lowest BCUT2D eigenvalue weighted by atomic mass is 10.0. The first kappa shape index (κ1) is 19.0. The predicted molar refractivity (Wildman–Crippen MR) is 113 cm³/mol. The number of benzene rings is 2. The first-order chi connectivity index (χ1) is 14.2. The van der Waals surface area contributed by atoms with Gasteiger partial charge in [-0.15, -0.1) is 11.3 Å². The standard InChI is InChI=1S/C23H19NO4S/c25-22(16-28-23(26)13-12-18-9-6-14-29-18)24-19-10-4-5-11-21(19)27-15-20(24)17-7-2-1-3-8-17/h1-14,20H,15-16H2/b13-12-/t20-/m0/s1. The van der Waals surface area contributed by atoms with Gasteiger partial charge in [-0.05, 0) is 35.2 Å². The fraction of sp³-hybridized carbons (Fsp3) is 0.130. The van der Waals surface area contributed by atoms with Gasteiger partial charge in [-0.25, -0.2) is 4.79 Å². The van der Waals surface area contributed by atoms with Crippen molar-refractivity contribution < 1.29 is 19.1 Å². The lowest BCUT2D eigenvalue weighted by Gasteiger charge is -2.37. The molecule has 1 aliphatic heterocycles. The van der Waals surface area contributed by atoms with Crippen LogP contribution in [0.3, 0.4) is 0 Å². The number of ether oxygens (including phenoxy) is 2. The van der Waals surface area contributed by atoms with Gasteiger partial charge >= 0.3 is 5.97 Å². The van der Waals surface area contributed by atoms with E-state index >= 15 is 0 Å². The van der Waals surface area contributed by atoms with Crippen LogP contribution in [0, 0.1) is 0 Å². The summed E-state index contributed by atoms with van der Waals surface area (Å²) in [6, 6.07) is 20.6. The van der Waals surface area contributed by atoms with Crippen molar-refractivity contribution >= 4 is 35.0 Å². The van der Waals surface area contributed by atoms with E-state index in [-0.39, 0.29) is 18.6 Å². The van der Waals surface area contributed by atoms with Crippen LogP contribution in [0.4, 0.5) is 5.69 Å².